The molecule has 5 nitrogen and oxygen atoms in total. The van der Waals surface area contributed by atoms with Gasteiger partial charge in [-0.05, 0) is 84.6 Å². The van der Waals surface area contributed by atoms with Crippen molar-refractivity contribution in [2.75, 3.05) is 18.5 Å². The molecule has 2 aromatic rings. The summed E-state index contributed by atoms with van der Waals surface area (Å²) in [5, 5.41) is 3.58. The van der Waals surface area contributed by atoms with Gasteiger partial charge in [0.05, 0.1) is 23.2 Å². The van der Waals surface area contributed by atoms with Gasteiger partial charge in [-0.3, -0.25) is 4.79 Å². The van der Waals surface area contributed by atoms with Crippen molar-refractivity contribution in [3.63, 3.8) is 0 Å². The Hall–Kier alpha value is -1.86. The van der Waals surface area contributed by atoms with Crippen LogP contribution in [-0.4, -0.2) is 25.1 Å². The normalized spacial score (nSPS) is 15.4. The Morgan fingerprint density at radius 1 is 1.33 bits per heavy atom. The Balaban J connectivity index is 1.61. The highest BCUT2D eigenvalue weighted by molar-refractivity contribution is 9.10. The van der Waals surface area contributed by atoms with Crippen LogP contribution in [0.2, 0.25) is 0 Å². The summed E-state index contributed by atoms with van der Waals surface area (Å²) in [7, 11) is 0. The van der Waals surface area contributed by atoms with Crippen LogP contribution in [0.4, 0.5) is 5.00 Å². The maximum absolute atomic E-state index is 12.6. The van der Waals surface area contributed by atoms with E-state index in [2.05, 4.69) is 28.2 Å². The van der Waals surface area contributed by atoms with Crippen molar-refractivity contribution < 1.29 is 19.1 Å². The lowest BCUT2D eigenvalue weighted by molar-refractivity contribution is -0.116. The molecule has 0 bridgehead atoms. The van der Waals surface area contributed by atoms with Crippen molar-refractivity contribution in [2.45, 2.75) is 58.8 Å². The first kappa shape index (κ1) is 22.8. The van der Waals surface area contributed by atoms with E-state index in [-0.39, 0.29) is 11.9 Å². The van der Waals surface area contributed by atoms with Gasteiger partial charge in [0.15, 0.2) is 0 Å². The van der Waals surface area contributed by atoms with Gasteiger partial charge < -0.3 is 14.8 Å². The molecule has 1 heterocycles. The van der Waals surface area contributed by atoms with Gasteiger partial charge in [-0.1, -0.05) is 13.0 Å². The second kappa shape index (κ2) is 10.4. The van der Waals surface area contributed by atoms with Crippen molar-refractivity contribution in [1.29, 1.82) is 0 Å². The molecule has 0 saturated carbocycles. The summed E-state index contributed by atoms with van der Waals surface area (Å²) < 4.78 is 12.0. The second-order valence-corrected chi connectivity index (χ2v) is 9.55. The zero-order valence-corrected chi connectivity index (χ0v) is 20.1. The van der Waals surface area contributed by atoms with Gasteiger partial charge in [0.1, 0.15) is 10.8 Å². The highest BCUT2D eigenvalue weighted by atomic mass is 79.9. The molecule has 1 aliphatic rings. The highest BCUT2D eigenvalue weighted by Gasteiger charge is 2.30. The van der Waals surface area contributed by atoms with Gasteiger partial charge in [-0.25, -0.2) is 4.79 Å². The number of hydrogen-bond acceptors (Lipinski definition) is 5. The zero-order chi connectivity index (χ0) is 21.7. The van der Waals surface area contributed by atoms with Gasteiger partial charge in [-0.15, -0.1) is 11.3 Å². The summed E-state index contributed by atoms with van der Waals surface area (Å²) in [6, 6.07) is 5.91. The van der Waals surface area contributed by atoms with Crippen LogP contribution < -0.4 is 10.1 Å². The average Bonchev–Trinajstić information content (AvgIpc) is 3.06. The molecule has 1 N–H and O–H groups in total. The summed E-state index contributed by atoms with van der Waals surface area (Å²) >= 11 is 5.01. The van der Waals surface area contributed by atoms with E-state index in [1.54, 1.807) is 6.92 Å². The fraction of sp³-hybridized carbons (Fsp3) is 0.478. The number of ether oxygens (including phenoxy) is 2. The van der Waals surface area contributed by atoms with Crippen molar-refractivity contribution in [3.8, 4) is 5.75 Å². The number of carbonyl (C=O) groups is 2. The SMILES string of the molecule is CCOC(=O)c1c(NC(=O)CCCOc2ccc(C)cc2Br)sc2c1C(C)CCC2. The zero-order valence-electron chi connectivity index (χ0n) is 17.7. The summed E-state index contributed by atoms with van der Waals surface area (Å²) in [5.74, 6) is 0.618. The summed E-state index contributed by atoms with van der Waals surface area (Å²) in [4.78, 5) is 26.3. The van der Waals surface area contributed by atoms with E-state index >= 15 is 0 Å². The summed E-state index contributed by atoms with van der Waals surface area (Å²) in [5.41, 5.74) is 2.77. The van der Waals surface area contributed by atoms with Crippen LogP contribution in [0.3, 0.4) is 0 Å². The molecular formula is C23H28BrNO4S. The minimum atomic E-state index is -0.341. The minimum Gasteiger partial charge on any atom is -0.492 e. The minimum absolute atomic E-state index is 0.113. The number of anilines is 1. The number of benzene rings is 1. The maximum atomic E-state index is 12.6. The van der Waals surface area contributed by atoms with Crippen LogP contribution in [0.15, 0.2) is 22.7 Å². The number of amides is 1. The number of thiophene rings is 1. The van der Waals surface area contributed by atoms with E-state index in [1.807, 2.05) is 25.1 Å². The second-order valence-electron chi connectivity index (χ2n) is 7.59. The lowest BCUT2D eigenvalue weighted by atomic mass is 9.86. The van der Waals surface area contributed by atoms with E-state index in [1.165, 1.54) is 16.2 Å². The standard InChI is InChI=1S/C23H28BrNO4S/c1-4-28-23(27)21-20-15(3)7-5-8-18(20)30-22(21)25-19(26)9-6-12-29-17-11-10-14(2)13-16(17)24/h10-11,13,15H,4-9,12H2,1-3H3,(H,25,26). The Morgan fingerprint density at radius 3 is 2.87 bits per heavy atom. The van der Waals surface area contributed by atoms with E-state index in [0.29, 0.717) is 42.5 Å². The number of halogens is 1. The quantitative estimate of drug-likeness (QED) is 0.349. The van der Waals surface area contributed by atoms with Crippen LogP contribution in [0.1, 0.15) is 71.8 Å². The monoisotopic (exact) mass is 493 g/mol. The largest absolute Gasteiger partial charge is 0.492 e. The molecule has 3 rings (SSSR count). The first-order valence-corrected chi connectivity index (χ1v) is 12.0. The van der Waals surface area contributed by atoms with Gasteiger partial charge >= 0.3 is 5.97 Å². The predicted octanol–water partition coefficient (Wildman–Crippen LogP) is 6.23. The first-order chi connectivity index (χ1) is 14.4. The summed E-state index contributed by atoms with van der Waals surface area (Å²) in [6.07, 6.45) is 4.02. The molecule has 0 spiro atoms. The van der Waals surface area contributed by atoms with Crippen molar-refractivity contribution in [2.24, 2.45) is 0 Å². The van der Waals surface area contributed by atoms with Crippen LogP contribution >= 0.6 is 27.3 Å². The Kier molecular flexibility index (Phi) is 7.94. The lowest BCUT2D eigenvalue weighted by Crippen LogP contribution is -2.17. The average molecular weight is 494 g/mol. The van der Waals surface area contributed by atoms with E-state index in [4.69, 9.17) is 9.47 Å². The van der Waals surface area contributed by atoms with Gasteiger partial charge in [0.25, 0.3) is 0 Å². The third-order valence-electron chi connectivity index (χ3n) is 5.18. The van der Waals surface area contributed by atoms with Crippen LogP contribution in [-0.2, 0) is 16.0 Å². The molecule has 7 heteroatoms. The molecule has 1 aromatic heterocycles. The van der Waals surface area contributed by atoms with Gasteiger partial charge in [0, 0.05) is 11.3 Å². The highest BCUT2D eigenvalue weighted by Crippen LogP contribution is 2.43. The Bertz CT molecular complexity index is 924. The fourth-order valence-corrected chi connectivity index (χ4v) is 5.71. The molecule has 0 radical (unpaired) electrons. The Labute approximate surface area is 190 Å². The predicted molar refractivity (Wildman–Crippen MR) is 124 cm³/mol. The number of aryl methyl sites for hydroxylation is 2. The molecule has 0 saturated heterocycles. The number of hydrogen-bond donors (Lipinski definition) is 1. The van der Waals surface area contributed by atoms with E-state index < -0.39 is 0 Å². The van der Waals surface area contributed by atoms with Gasteiger partial charge in [-0.2, -0.15) is 0 Å². The molecule has 162 valence electrons. The molecule has 1 atom stereocenters. The number of rotatable bonds is 8. The molecule has 1 aliphatic carbocycles. The van der Waals surface area contributed by atoms with Crippen LogP contribution in [0.25, 0.3) is 0 Å². The molecular weight excluding hydrogens is 466 g/mol. The van der Waals surface area contributed by atoms with Crippen molar-refractivity contribution in [1.82, 2.24) is 0 Å². The summed E-state index contributed by atoms with van der Waals surface area (Å²) in [6.45, 7) is 6.71. The molecule has 1 aromatic carbocycles. The molecule has 0 fully saturated rings. The number of fused-ring (bicyclic) bond motifs is 1. The number of nitrogens with one attached hydrogen (secondary N) is 1. The molecule has 1 amide bonds. The first-order valence-electron chi connectivity index (χ1n) is 10.4. The van der Waals surface area contributed by atoms with Crippen LogP contribution in [0, 0.1) is 6.92 Å². The third kappa shape index (κ3) is 5.43. The van der Waals surface area contributed by atoms with E-state index in [0.717, 1.165) is 40.6 Å². The fourth-order valence-electron chi connectivity index (χ4n) is 3.73. The molecule has 1 unspecified atom stereocenters. The van der Waals surface area contributed by atoms with Crippen molar-refractivity contribution in [3.05, 3.63) is 44.2 Å². The topological polar surface area (TPSA) is 64.6 Å². The lowest BCUT2D eigenvalue weighted by Gasteiger charge is -2.19. The Morgan fingerprint density at radius 2 is 2.13 bits per heavy atom. The van der Waals surface area contributed by atoms with Crippen molar-refractivity contribution >= 4 is 44.1 Å². The molecule has 0 aliphatic heterocycles. The third-order valence-corrected chi connectivity index (χ3v) is 6.98. The van der Waals surface area contributed by atoms with E-state index in [9.17, 15) is 9.59 Å². The number of esters is 1. The number of carbonyl (C=O) groups excluding carboxylic acids is 2. The maximum Gasteiger partial charge on any atom is 0.341 e. The van der Waals surface area contributed by atoms with Gasteiger partial charge in [0.2, 0.25) is 5.91 Å². The van der Waals surface area contributed by atoms with Crippen LogP contribution in [0.5, 0.6) is 5.75 Å². The smallest absolute Gasteiger partial charge is 0.341 e. The molecule has 30 heavy (non-hydrogen) atoms.